The molecule has 0 bridgehead atoms. The van der Waals surface area contributed by atoms with Crippen molar-refractivity contribution in [2.24, 2.45) is 0 Å². The molecule has 3 aromatic rings. The Hall–Kier alpha value is -3.82. The number of carbonyl (C=O) groups excluding carboxylic acids is 2. The lowest BCUT2D eigenvalue weighted by atomic mass is 10.1. The number of thiophene rings is 1. The molecule has 1 saturated heterocycles. The quantitative estimate of drug-likeness (QED) is 0.371. The second-order valence-corrected chi connectivity index (χ2v) is 8.68. The molecule has 8 nitrogen and oxygen atoms in total. The lowest BCUT2D eigenvalue weighted by Crippen LogP contribution is -2.46. The summed E-state index contributed by atoms with van der Waals surface area (Å²) in [6.07, 6.45) is -3.00. The summed E-state index contributed by atoms with van der Waals surface area (Å²) in [5.41, 5.74) is 0.321. The molecule has 1 aromatic carbocycles. The van der Waals surface area contributed by atoms with Crippen LogP contribution < -0.4 is 10.1 Å². The number of carbonyl (C=O) groups is 2. The smallest absolute Gasteiger partial charge is 0.432 e. The van der Waals surface area contributed by atoms with Gasteiger partial charge in [0.05, 0.1) is 11.9 Å². The molecule has 0 atom stereocenters. The molecule has 0 radical (unpaired) electrons. The zero-order valence-electron chi connectivity index (χ0n) is 19.0. The Morgan fingerprint density at radius 3 is 2.72 bits per heavy atom. The first-order valence-electron chi connectivity index (χ1n) is 11.0. The monoisotopic (exact) mass is 517 g/mol. The second-order valence-electron chi connectivity index (χ2n) is 7.90. The second kappa shape index (κ2) is 11.3. The van der Waals surface area contributed by atoms with Gasteiger partial charge in [-0.05, 0) is 29.6 Å². The van der Waals surface area contributed by atoms with Gasteiger partial charge >= 0.3 is 12.1 Å². The average Bonchev–Trinajstić information content (AvgIpc) is 3.56. The molecule has 4 rings (SSSR count). The van der Waals surface area contributed by atoms with E-state index in [1.54, 1.807) is 28.5 Å². The highest BCUT2D eigenvalue weighted by Gasteiger charge is 2.33. The van der Waals surface area contributed by atoms with Gasteiger partial charge in [0, 0.05) is 55.2 Å². The molecule has 0 aliphatic carbocycles. The number of amides is 2. The lowest BCUT2D eigenvalue weighted by molar-refractivity contribution is -0.140. The molecule has 2 amide bonds. The normalized spacial score (nSPS) is 14.1. The van der Waals surface area contributed by atoms with Gasteiger partial charge in [-0.3, -0.25) is 14.5 Å². The molecule has 12 heteroatoms. The molecule has 2 N–H and O–H groups in total. The van der Waals surface area contributed by atoms with Crippen molar-refractivity contribution in [2.75, 3.05) is 44.6 Å². The number of nitrogens with zero attached hydrogens (tertiary/aromatic N) is 3. The third-order valence-corrected chi connectivity index (χ3v) is 6.13. The summed E-state index contributed by atoms with van der Waals surface area (Å²) in [6, 6.07) is 6.40. The van der Waals surface area contributed by atoms with Crippen molar-refractivity contribution in [1.82, 2.24) is 19.8 Å². The van der Waals surface area contributed by atoms with E-state index in [4.69, 9.17) is 4.74 Å². The van der Waals surface area contributed by atoms with Gasteiger partial charge in [-0.25, -0.2) is 4.98 Å². The van der Waals surface area contributed by atoms with Crippen molar-refractivity contribution in [3.63, 3.8) is 0 Å². The van der Waals surface area contributed by atoms with Crippen LogP contribution >= 0.6 is 11.3 Å². The highest BCUT2D eigenvalue weighted by molar-refractivity contribution is 7.08. The molecule has 188 valence electrons. The molecular formula is C24H22F3N5O3S. The summed E-state index contributed by atoms with van der Waals surface area (Å²) < 4.78 is 44.8. The molecular weight excluding hydrogens is 495 g/mol. The molecule has 3 heterocycles. The summed E-state index contributed by atoms with van der Waals surface area (Å²) in [6.45, 7) is 3.65. The van der Waals surface area contributed by atoms with E-state index < -0.39 is 17.8 Å². The summed E-state index contributed by atoms with van der Waals surface area (Å²) in [5, 5.41) is 6.31. The number of benzene rings is 1. The van der Waals surface area contributed by atoms with Crippen LogP contribution in [-0.4, -0.2) is 71.4 Å². The molecule has 1 aliphatic heterocycles. The summed E-state index contributed by atoms with van der Waals surface area (Å²) in [5.74, 6) is 5.01. The van der Waals surface area contributed by atoms with E-state index in [2.05, 4.69) is 32.0 Å². The fourth-order valence-corrected chi connectivity index (χ4v) is 4.10. The van der Waals surface area contributed by atoms with Crippen molar-refractivity contribution in [3.05, 3.63) is 52.5 Å². The number of imidazole rings is 1. The fourth-order valence-electron chi connectivity index (χ4n) is 3.51. The van der Waals surface area contributed by atoms with Crippen LogP contribution in [0.15, 0.2) is 41.2 Å². The summed E-state index contributed by atoms with van der Waals surface area (Å²) in [4.78, 5) is 33.3. The maximum atomic E-state index is 13.0. The Bertz CT molecular complexity index is 1260. The molecule has 0 unspecified atom stereocenters. The first kappa shape index (κ1) is 25.3. The van der Waals surface area contributed by atoms with Gasteiger partial charge < -0.3 is 19.9 Å². The minimum absolute atomic E-state index is 0.00165. The molecule has 36 heavy (non-hydrogen) atoms. The number of ether oxygens (including phenoxy) is 1. The van der Waals surface area contributed by atoms with Gasteiger partial charge in [0.1, 0.15) is 23.9 Å². The number of halogens is 3. The number of aromatic nitrogens is 2. The van der Waals surface area contributed by atoms with Crippen LogP contribution in [0.3, 0.4) is 0 Å². The van der Waals surface area contributed by atoms with Crippen LogP contribution in [0.4, 0.5) is 18.9 Å². The number of rotatable bonds is 7. The highest BCUT2D eigenvalue weighted by Crippen LogP contribution is 2.32. The van der Waals surface area contributed by atoms with Gasteiger partial charge in [0.25, 0.3) is 0 Å². The number of hydrogen-bond donors (Lipinski definition) is 2. The van der Waals surface area contributed by atoms with Gasteiger partial charge in [-0.2, -0.15) is 24.5 Å². The van der Waals surface area contributed by atoms with Crippen molar-refractivity contribution in [3.8, 4) is 29.0 Å². The van der Waals surface area contributed by atoms with E-state index in [1.165, 1.54) is 17.4 Å². The zero-order valence-corrected chi connectivity index (χ0v) is 19.8. The number of anilines is 1. The molecule has 0 saturated carbocycles. The third-order valence-electron chi connectivity index (χ3n) is 5.44. The molecule has 0 spiro atoms. The fraction of sp³-hybridized carbons (Fsp3) is 0.292. The molecule has 1 fully saturated rings. The number of piperazine rings is 1. The van der Waals surface area contributed by atoms with Crippen molar-refractivity contribution in [1.29, 1.82) is 0 Å². The van der Waals surface area contributed by atoms with E-state index in [0.29, 0.717) is 49.3 Å². The van der Waals surface area contributed by atoms with Crippen LogP contribution in [-0.2, 0) is 15.8 Å². The molecule has 2 aromatic heterocycles. The van der Waals surface area contributed by atoms with Gasteiger partial charge in [-0.15, -0.1) is 0 Å². The third kappa shape index (κ3) is 6.65. The van der Waals surface area contributed by atoms with Crippen molar-refractivity contribution < 1.29 is 27.5 Å². The number of H-pyrrole nitrogens is 1. The number of nitrogens with one attached hydrogen (secondary N) is 2. The standard InChI is InChI=1S/C24H22F3N5O3S/c25-24(26,27)21-14-28-23(30-21)18-2-3-20(35-11-10-31-6-8-32(16-33)9-7-31)19(13-18)29-22(34)4-1-17-5-12-36-15-17/h2-3,5,12-16H,6-11H2,(H,28,30)(H,29,34). The first-order valence-corrected chi connectivity index (χ1v) is 11.9. The number of hydrogen-bond acceptors (Lipinski definition) is 6. The van der Waals surface area contributed by atoms with E-state index in [9.17, 15) is 22.8 Å². The van der Waals surface area contributed by atoms with Gasteiger partial charge in [0.2, 0.25) is 6.41 Å². The Morgan fingerprint density at radius 1 is 1.25 bits per heavy atom. The van der Waals surface area contributed by atoms with E-state index in [0.717, 1.165) is 19.5 Å². The molecule has 1 aliphatic rings. The Kier molecular flexibility index (Phi) is 7.92. The highest BCUT2D eigenvalue weighted by atomic mass is 32.1. The van der Waals surface area contributed by atoms with Crippen LogP contribution in [0, 0.1) is 11.8 Å². The topological polar surface area (TPSA) is 90.6 Å². The summed E-state index contributed by atoms with van der Waals surface area (Å²) >= 11 is 1.45. The van der Waals surface area contributed by atoms with Crippen molar-refractivity contribution in [2.45, 2.75) is 6.18 Å². The van der Waals surface area contributed by atoms with E-state index in [1.807, 2.05) is 5.38 Å². The van der Waals surface area contributed by atoms with Gasteiger partial charge in [-0.1, -0.05) is 5.92 Å². The Morgan fingerprint density at radius 2 is 2.06 bits per heavy atom. The van der Waals surface area contributed by atoms with Gasteiger partial charge in [0.15, 0.2) is 0 Å². The largest absolute Gasteiger partial charge is 0.490 e. The zero-order chi connectivity index (χ0) is 25.5. The van der Waals surface area contributed by atoms with Crippen molar-refractivity contribution >= 4 is 29.3 Å². The summed E-state index contributed by atoms with van der Waals surface area (Å²) in [7, 11) is 0. The SMILES string of the molecule is O=CN1CCN(CCOc2ccc(-c3ncc(C(F)(F)F)[nH]3)cc2NC(=O)C#Cc2ccsc2)CC1. The van der Waals surface area contributed by atoms with E-state index >= 15 is 0 Å². The van der Waals surface area contributed by atoms with Crippen LogP contribution in [0.25, 0.3) is 11.4 Å². The minimum atomic E-state index is -4.56. The maximum absolute atomic E-state index is 13.0. The first-order chi connectivity index (χ1) is 17.3. The Labute approximate surface area is 209 Å². The van der Waals surface area contributed by atoms with E-state index in [-0.39, 0.29) is 11.5 Å². The number of aromatic amines is 1. The number of alkyl halides is 3. The van der Waals surface area contributed by atoms with Crippen LogP contribution in [0.5, 0.6) is 5.75 Å². The Balaban J connectivity index is 1.49. The maximum Gasteiger partial charge on any atom is 0.432 e. The van der Waals surface area contributed by atoms with Crippen LogP contribution in [0.1, 0.15) is 11.3 Å². The van der Waals surface area contributed by atoms with Crippen LogP contribution in [0.2, 0.25) is 0 Å². The predicted octanol–water partition coefficient (Wildman–Crippen LogP) is 3.30. The lowest BCUT2D eigenvalue weighted by Gasteiger charge is -2.32. The predicted molar refractivity (Wildman–Crippen MR) is 128 cm³/mol. The average molecular weight is 518 g/mol. The minimum Gasteiger partial charge on any atom is -0.490 e.